The van der Waals surface area contributed by atoms with Crippen molar-refractivity contribution in [3.8, 4) is 0 Å². The standard InChI is InChI=1S/C19H22N2O2/c1-2-19-9-12(22)11-20-8-7-14-13-5-3-4-6-15(13)21(16(23)10-19)17(14)18(19)20/h3-6,12,18,22H,2,7-11H2,1H3/t12-,18+,19-/m0/s1. The van der Waals surface area contributed by atoms with Gasteiger partial charge in [0.1, 0.15) is 0 Å². The van der Waals surface area contributed by atoms with E-state index in [1.807, 2.05) is 10.6 Å². The SMILES string of the molecule is CC[C@@]12CC(=O)n3c4c(c5ccccc53)CCN(C[C@@H](O)C1)[C@H]42. The number of para-hydroxylation sites is 1. The molecule has 0 bridgehead atoms. The van der Waals surface area contributed by atoms with E-state index in [4.69, 9.17) is 0 Å². The summed E-state index contributed by atoms with van der Waals surface area (Å²) in [7, 11) is 0. The lowest BCUT2D eigenvalue weighted by Gasteiger charge is -2.55. The van der Waals surface area contributed by atoms with Crippen LogP contribution in [-0.4, -0.2) is 39.7 Å². The van der Waals surface area contributed by atoms with Crippen LogP contribution in [0.15, 0.2) is 24.3 Å². The summed E-state index contributed by atoms with van der Waals surface area (Å²) in [5.74, 6) is 0.205. The number of fused-ring (bicyclic) bond motifs is 3. The molecule has 5 rings (SSSR count). The Morgan fingerprint density at radius 2 is 2.17 bits per heavy atom. The molecule has 1 saturated heterocycles. The van der Waals surface area contributed by atoms with E-state index in [0.29, 0.717) is 6.42 Å². The predicted octanol–water partition coefficient (Wildman–Crippen LogP) is 2.75. The summed E-state index contributed by atoms with van der Waals surface area (Å²) in [4.78, 5) is 15.5. The Morgan fingerprint density at radius 3 is 3.00 bits per heavy atom. The number of aromatic nitrogens is 1. The van der Waals surface area contributed by atoms with Crippen molar-refractivity contribution in [3.63, 3.8) is 0 Å². The summed E-state index contributed by atoms with van der Waals surface area (Å²) in [6.45, 7) is 3.90. The average molecular weight is 310 g/mol. The predicted molar refractivity (Wildman–Crippen MR) is 88.5 cm³/mol. The maximum atomic E-state index is 13.0. The fourth-order valence-corrected chi connectivity index (χ4v) is 5.50. The topological polar surface area (TPSA) is 45.5 Å². The number of carbonyl (C=O) groups is 1. The van der Waals surface area contributed by atoms with Crippen molar-refractivity contribution in [1.29, 1.82) is 0 Å². The van der Waals surface area contributed by atoms with Crippen LogP contribution in [0, 0.1) is 5.41 Å². The summed E-state index contributed by atoms with van der Waals surface area (Å²) in [5, 5.41) is 11.6. The molecule has 1 aromatic carbocycles. The molecule has 4 heteroatoms. The van der Waals surface area contributed by atoms with E-state index >= 15 is 0 Å². The van der Waals surface area contributed by atoms with E-state index in [1.165, 1.54) is 16.6 Å². The molecule has 1 fully saturated rings. The first-order valence-electron chi connectivity index (χ1n) is 8.72. The van der Waals surface area contributed by atoms with Crippen LogP contribution in [0.4, 0.5) is 0 Å². The Morgan fingerprint density at radius 1 is 1.35 bits per heavy atom. The molecule has 4 heterocycles. The highest BCUT2D eigenvalue weighted by Gasteiger charge is 2.54. The highest BCUT2D eigenvalue weighted by molar-refractivity contribution is 5.97. The number of nitrogens with zero attached hydrogens (tertiary/aromatic N) is 2. The van der Waals surface area contributed by atoms with Crippen LogP contribution in [0.1, 0.15) is 48.3 Å². The lowest BCUT2D eigenvalue weighted by Crippen LogP contribution is -2.57. The van der Waals surface area contributed by atoms with Gasteiger partial charge < -0.3 is 5.11 Å². The third-order valence-corrected chi connectivity index (χ3v) is 6.42. The molecule has 0 spiro atoms. The smallest absolute Gasteiger partial charge is 0.232 e. The summed E-state index contributed by atoms with van der Waals surface area (Å²) in [6, 6.07) is 8.61. The van der Waals surface area contributed by atoms with E-state index in [-0.39, 0.29) is 23.5 Å². The van der Waals surface area contributed by atoms with Crippen LogP contribution in [0.25, 0.3) is 10.9 Å². The second-order valence-electron chi connectivity index (χ2n) is 7.51. The van der Waals surface area contributed by atoms with Crippen molar-refractivity contribution in [3.05, 3.63) is 35.5 Å². The largest absolute Gasteiger partial charge is 0.392 e. The van der Waals surface area contributed by atoms with Gasteiger partial charge in [0.15, 0.2) is 0 Å². The molecule has 0 amide bonds. The molecule has 23 heavy (non-hydrogen) atoms. The highest BCUT2D eigenvalue weighted by atomic mass is 16.3. The van der Waals surface area contributed by atoms with Gasteiger partial charge in [-0.2, -0.15) is 0 Å². The molecule has 0 radical (unpaired) electrons. The fourth-order valence-electron chi connectivity index (χ4n) is 5.50. The van der Waals surface area contributed by atoms with Gasteiger partial charge in [0, 0.05) is 36.0 Å². The molecule has 3 aliphatic rings. The Hall–Kier alpha value is -1.65. The monoisotopic (exact) mass is 310 g/mol. The summed E-state index contributed by atoms with van der Waals surface area (Å²) < 4.78 is 1.99. The molecule has 3 aliphatic heterocycles. The lowest BCUT2D eigenvalue weighted by molar-refractivity contribution is -0.0742. The number of carbonyl (C=O) groups excluding carboxylic acids is 1. The fraction of sp³-hybridized carbons (Fsp3) is 0.526. The Labute approximate surface area is 135 Å². The second-order valence-corrected chi connectivity index (χ2v) is 7.51. The number of hydrogen-bond acceptors (Lipinski definition) is 3. The molecule has 3 atom stereocenters. The molecular formula is C19H22N2O2. The highest BCUT2D eigenvalue weighted by Crippen LogP contribution is 2.56. The minimum absolute atomic E-state index is 0.103. The van der Waals surface area contributed by atoms with Crippen LogP contribution >= 0.6 is 0 Å². The third-order valence-electron chi connectivity index (χ3n) is 6.42. The molecule has 0 unspecified atom stereocenters. The van der Waals surface area contributed by atoms with Gasteiger partial charge in [-0.05, 0) is 30.9 Å². The van der Waals surface area contributed by atoms with Crippen molar-refractivity contribution in [1.82, 2.24) is 9.47 Å². The normalized spacial score (nSPS) is 33.0. The molecule has 120 valence electrons. The van der Waals surface area contributed by atoms with E-state index in [0.717, 1.165) is 37.9 Å². The zero-order chi connectivity index (χ0) is 15.8. The van der Waals surface area contributed by atoms with Crippen molar-refractivity contribution in [2.75, 3.05) is 13.1 Å². The van der Waals surface area contributed by atoms with E-state index < -0.39 is 0 Å². The van der Waals surface area contributed by atoms with Gasteiger partial charge in [-0.25, -0.2) is 0 Å². The number of aliphatic hydroxyl groups excluding tert-OH is 1. The van der Waals surface area contributed by atoms with Gasteiger partial charge >= 0.3 is 0 Å². The maximum absolute atomic E-state index is 13.0. The summed E-state index contributed by atoms with van der Waals surface area (Å²) >= 11 is 0. The number of piperidine rings is 1. The molecule has 0 aliphatic carbocycles. The zero-order valence-corrected chi connectivity index (χ0v) is 13.5. The van der Waals surface area contributed by atoms with Gasteiger partial charge in [-0.3, -0.25) is 14.3 Å². The molecule has 0 saturated carbocycles. The molecule has 2 aromatic rings. The minimum atomic E-state index is -0.309. The van der Waals surface area contributed by atoms with Crippen molar-refractivity contribution in [2.24, 2.45) is 5.41 Å². The van der Waals surface area contributed by atoms with Crippen LogP contribution in [0.2, 0.25) is 0 Å². The number of aliphatic hydroxyl groups is 1. The lowest BCUT2D eigenvalue weighted by atomic mass is 9.64. The van der Waals surface area contributed by atoms with Crippen molar-refractivity contribution < 1.29 is 9.90 Å². The van der Waals surface area contributed by atoms with Crippen LogP contribution in [-0.2, 0) is 6.42 Å². The van der Waals surface area contributed by atoms with Gasteiger partial charge in [0.25, 0.3) is 0 Å². The number of benzene rings is 1. The van der Waals surface area contributed by atoms with Crippen LogP contribution in [0.5, 0.6) is 0 Å². The van der Waals surface area contributed by atoms with E-state index in [9.17, 15) is 9.90 Å². The van der Waals surface area contributed by atoms with Gasteiger partial charge in [0.05, 0.1) is 17.7 Å². The van der Waals surface area contributed by atoms with Gasteiger partial charge in [-0.15, -0.1) is 0 Å². The third kappa shape index (κ3) is 1.60. The summed E-state index contributed by atoms with van der Waals surface area (Å²) in [6.07, 6.45) is 2.90. The maximum Gasteiger partial charge on any atom is 0.232 e. The van der Waals surface area contributed by atoms with Crippen molar-refractivity contribution >= 4 is 16.8 Å². The molecule has 1 N–H and O–H groups in total. The average Bonchev–Trinajstić information content (AvgIpc) is 2.88. The second kappa shape index (κ2) is 4.46. The quantitative estimate of drug-likeness (QED) is 0.881. The molecule has 1 aromatic heterocycles. The molecular weight excluding hydrogens is 288 g/mol. The van der Waals surface area contributed by atoms with Crippen LogP contribution < -0.4 is 0 Å². The van der Waals surface area contributed by atoms with E-state index in [2.05, 4.69) is 30.0 Å². The van der Waals surface area contributed by atoms with Gasteiger partial charge in [-0.1, -0.05) is 25.1 Å². The number of hydrogen-bond donors (Lipinski definition) is 1. The van der Waals surface area contributed by atoms with Crippen molar-refractivity contribution in [2.45, 2.75) is 44.8 Å². The van der Waals surface area contributed by atoms with Gasteiger partial charge in [0.2, 0.25) is 5.91 Å². The first-order chi connectivity index (χ1) is 11.1. The minimum Gasteiger partial charge on any atom is -0.392 e. The Kier molecular flexibility index (Phi) is 2.67. The van der Waals surface area contributed by atoms with E-state index in [1.54, 1.807) is 0 Å². The summed E-state index contributed by atoms with van der Waals surface area (Å²) in [5.41, 5.74) is 3.56. The first kappa shape index (κ1) is 13.8. The van der Waals surface area contributed by atoms with Crippen LogP contribution in [0.3, 0.4) is 0 Å². The number of rotatable bonds is 1. The molecule has 4 nitrogen and oxygen atoms in total. The zero-order valence-electron chi connectivity index (χ0n) is 13.5. The Bertz CT molecular complexity index is 824. The Balaban J connectivity index is 1.85. The first-order valence-corrected chi connectivity index (χ1v) is 8.72.